The Morgan fingerprint density at radius 1 is 1.16 bits per heavy atom. The summed E-state index contributed by atoms with van der Waals surface area (Å²) >= 11 is 2.02. The third-order valence-corrected chi connectivity index (χ3v) is 6.11. The number of fused-ring (bicyclic) bond motifs is 2. The Balaban J connectivity index is 1.72. The van der Waals surface area contributed by atoms with Gasteiger partial charge in [0.25, 0.3) is 5.91 Å². The minimum Gasteiger partial charge on any atom is -0.369 e. The van der Waals surface area contributed by atoms with Crippen molar-refractivity contribution in [3.05, 3.63) is 41.5 Å². The maximum atomic E-state index is 12.3. The van der Waals surface area contributed by atoms with E-state index in [1.165, 1.54) is 28.0 Å². The Morgan fingerprint density at radius 3 is 2.80 bits per heavy atom. The molecular formula is C20H19N3OS. The molecular weight excluding hydrogens is 330 g/mol. The highest BCUT2D eigenvalue weighted by atomic mass is 32.2. The predicted octanol–water partition coefficient (Wildman–Crippen LogP) is 3.17. The molecule has 2 aliphatic heterocycles. The van der Waals surface area contributed by atoms with Crippen LogP contribution in [0.1, 0.15) is 18.1 Å². The quantitative estimate of drug-likeness (QED) is 0.906. The van der Waals surface area contributed by atoms with Crippen LogP contribution >= 0.6 is 11.8 Å². The summed E-state index contributed by atoms with van der Waals surface area (Å²) in [4.78, 5) is 19.3. The normalized spacial score (nSPS) is 20.6. The molecule has 2 aromatic rings. The zero-order chi connectivity index (χ0) is 17.0. The van der Waals surface area contributed by atoms with Crippen molar-refractivity contribution in [2.75, 3.05) is 36.0 Å². The Bertz CT molecular complexity index is 970. The fourth-order valence-electron chi connectivity index (χ4n) is 4.13. The van der Waals surface area contributed by atoms with E-state index in [0.29, 0.717) is 12.3 Å². The summed E-state index contributed by atoms with van der Waals surface area (Å²) in [5, 5.41) is 5.59. The van der Waals surface area contributed by atoms with Gasteiger partial charge in [0.2, 0.25) is 0 Å². The Morgan fingerprint density at radius 2 is 2.00 bits per heavy atom. The number of benzene rings is 2. The lowest BCUT2D eigenvalue weighted by Gasteiger charge is -2.30. The molecule has 0 spiro atoms. The second kappa shape index (κ2) is 5.63. The first-order valence-electron chi connectivity index (χ1n) is 8.79. The van der Waals surface area contributed by atoms with Crippen LogP contribution in [0.3, 0.4) is 0 Å². The first-order valence-corrected chi connectivity index (χ1v) is 9.94. The second-order valence-corrected chi connectivity index (χ2v) is 7.71. The van der Waals surface area contributed by atoms with Crippen molar-refractivity contribution in [1.82, 2.24) is 5.32 Å². The summed E-state index contributed by atoms with van der Waals surface area (Å²) in [6.07, 6.45) is 0. The number of aliphatic imine (C=N–C) groups is 1. The third-order valence-electron chi connectivity index (χ3n) is 5.16. The molecule has 1 aliphatic carbocycles. The molecule has 5 heteroatoms. The van der Waals surface area contributed by atoms with Gasteiger partial charge >= 0.3 is 0 Å². The molecule has 0 aromatic heterocycles. The van der Waals surface area contributed by atoms with Crippen LogP contribution < -0.4 is 10.2 Å². The van der Waals surface area contributed by atoms with Crippen molar-refractivity contribution in [3.63, 3.8) is 0 Å². The number of hydrogen-bond acceptors (Lipinski definition) is 4. The van der Waals surface area contributed by atoms with Gasteiger partial charge in [-0.15, -0.1) is 0 Å². The fraction of sp³-hybridized carbons (Fsp3) is 0.300. The van der Waals surface area contributed by atoms with Gasteiger partial charge in [-0.05, 0) is 18.6 Å². The highest BCUT2D eigenvalue weighted by Gasteiger charge is 2.37. The summed E-state index contributed by atoms with van der Waals surface area (Å²) in [6, 6.07) is 10.8. The standard InChI is InChI=1S/C20H19N3OS/c1-2-21-19-17-13-6-7-15(23-8-10-25-11-9-23)12-4-3-5-14(16(12)13)18(17)22-20(19)24/h3-7H,2,8-11H2,1H3,(H,21,22,24). The zero-order valence-electron chi connectivity index (χ0n) is 14.1. The summed E-state index contributed by atoms with van der Waals surface area (Å²) in [5.74, 6) is 2.29. The maximum absolute atomic E-state index is 12.3. The first kappa shape index (κ1) is 15.0. The van der Waals surface area contributed by atoms with E-state index >= 15 is 0 Å². The van der Waals surface area contributed by atoms with Crippen LogP contribution in [0.2, 0.25) is 0 Å². The van der Waals surface area contributed by atoms with Crippen molar-refractivity contribution in [2.45, 2.75) is 6.92 Å². The zero-order valence-corrected chi connectivity index (χ0v) is 14.9. The van der Waals surface area contributed by atoms with E-state index in [1.807, 2.05) is 18.7 Å². The van der Waals surface area contributed by atoms with Gasteiger partial charge in [0.05, 0.1) is 5.70 Å². The molecule has 3 aliphatic rings. The van der Waals surface area contributed by atoms with Crippen molar-refractivity contribution >= 4 is 51.1 Å². The fourth-order valence-corrected chi connectivity index (χ4v) is 5.03. The Labute approximate surface area is 151 Å². The molecule has 0 bridgehead atoms. The van der Waals surface area contributed by atoms with Crippen LogP contribution in [0.15, 0.2) is 35.3 Å². The SMILES string of the molecule is CCN=C1C(=O)NC2=C1c1ccc(N3CCSCC3)c3cccc2c13. The number of thioether (sulfide) groups is 1. The van der Waals surface area contributed by atoms with Crippen LogP contribution in [0, 0.1) is 0 Å². The largest absolute Gasteiger partial charge is 0.369 e. The van der Waals surface area contributed by atoms with E-state index in [-0.39, 0.29) is 5.91 Å². The van der Waals surface area contributed by atoms with Crippen LogP contribution in [-0.4, -0.2) is 42.8 Å². The summed E-state index contributed by atoms with van der Waals surface area (Å²) in [5.41, 5.74) is 6.08. The number of nitrogens with one attached hydrogen (secondary N) is 1. The van der Waals surface area contributed by atoms with Crippen LogP contribution in [0.4, 0.5) is 5.69 Å². The minimum absolute atomic E-state index is 0.0772. The lowest BCUT2D eigenvalue weighted by atomic mass is 9.98. The number of carbonyl (C=O) groups excluding carboxylic acids is 1. The number of nitrogens with zero attached hydrogens (tertiary/aromatic N) is 2. The van der Waals surface area contributed by atoms with Gasteiger partial charge in [0.15, 0.2) is 0 Å². The average molecular weight is 349 g/mol. The molecule has 1 fully saturated rings. The lowest BCUT2D eigenvalue weighted by Crippen LogP contribution is -2.32. The molecule has 4 nitrogen and oxygen atoms in total. The molecule has 126 valence electrons. The van der Waals surface area contributed by atoms with E-state index in [4.69, 9.17) is 0 Å². The topological polar surface area (TPSA) is 44.7 Å². The highest BCUT2D eigenvalue weighted by Crippen LogP contribution is 2.46. The van der Waals surface area contributed by atoms with Gasteiger partial charge in [-0.25, -0.2) is 0 Å². The van der Waals surface area contributed by atoms with Crippen molar-refractivity contribution in [1.29, 1.82) is 0 Å². The van der Waals surface area contributed by atoms with E-state index in [9.17, 15) is 4.79 Å². The average Bonchev–Trinajstić information content (AvgIpc) is 3.13. The molecule has 25 heavy (non-hydrogen) atoms. The van der Waals surface area contributed by atoms with Crippen LogP contribution in [0.5, 0.6) is 0 Å². The lowest BCUT2D eigenvalue weighted by molar-refractivity contribution is -0.113. The van der Waals surface area contributed by atoms with E-state index in [2.05, 4.69) is 45.5 Å². The predicted molar refractivity (Wildman–Crippen MR) is 106 cm³/mol. The molecule has 0 atom stereocenters. The molecule has 1 N–H and O–H groups in total. The first-order chi connectivity index (χ1) is 12.3. The summed E-state index contributed by atoms with van der Waals surface area (Å²) < 4.78 is 0. The van der Waals surface area contributed by atoms with Gasteiger partial charge in [-0.2, -0.15) is 11.8 Å². The number of amides is 1. The molecule has 1 amide bonds. The van der Waals surface area contributed by atoms with Gasteiger partial charge in [0, 0.05) is 58.7 Å². The van der Waals surface area contributed by atoms with Gasteiger partial charge in [-0.3, -0.25) is 9.79 Å². The van der Waals surface area contributed by atoms with Gasteiger partial charge in [0.1, 0.15) is 5.71 Å². The number of hydrogen-bond donors (Lipinski definition) is 1. The smallest absolute Gasteiger partial charge is 0.274 e. The number of carbonyl (C=O) groups is 1. The number of rotatable bonds is 2. The summed E-state index contributed by atoms with van der Waals surface area (Å²) in [7, 11) is 0. The second-order valence-electron chi connectivity index (χ2n) is 6.49. The molecule has 2 aromatic carbocycles. The van der Waals surface area contributed by atoms with Gasteiger partial charge in [-0.1, -0.05) is 24.3 Å². The molecule has 0 saturated carbocycles. The van der Waals surface area contributed by atoms with E-state index in [0.717, 1.165) is 35.5 Å². The molecule has 0 unspecified atom stereocenters. The summed E-state index contributed by atoms with van der Waals surface area (Å²) in [6.45, 7) is 4.77. The van der Waals surface area contributed by atoms with E-state index < -0.39 is 0 Å². The third kappa shape index (κ3) is 2.08. The molecule has 1 saturated heterocycles. The molecule has 0 radical (unpaired) electrons. The molecule has 5 rings (SSSR count). The Kier molecular flexibility index (Phi) is 3.38. The van der Waals surface area contributed by atoms with E-state index in [1.54, 1.807) is 0 Å². The number of anilines is 1. The van der Waals surface area contributed by atoms with Crippen LogP contribution in [0.25, 0.3) is 22.0 Å². The van der Waals surface area contributed by atoms with Gasteiger partial charge < -0.3 is 10.2 Å². The highest BCUT2D eigenvalue weighted by molar-refractivity contribution is 7.99. The minimum atomic E-state index is -0.0772. The van der Waals surface area contributed by atoms with Crippen LogP contribution in [-0.2, 0) is 4.79 Å². The monoisotopic (exact) mass is 349 g/mol. The Hall–Kier alpha value is -2.27. The van der Waals surface area contributed by atoms with Crippen molar-refractivity contribution < 1.29 is 4.79 Å². The van der Waals surface area contributed by atoms with Crippen molar-refractivity contribution in [3.8, 4) is 0 Å². The maximum Gasteiger partial charge on any atom is 0.274 e. The van der Waals surface area contributed by atoms with Crippen molar-refractivity contribution in [2.24, 2.45) is 4.99 Å². The molecule has 2 heterocycles.